The lowest BCUT2D eigenvalue weighted by molar-refractivity contribution is 0.589. The molecule has 1 aliphatic heterocycles. The highest BCUT2D eigenvalue weighted by Gasteiger charge is 2.13. The first-order chi connectivity index (χ1) is 7.81. The highest BCUT2D eigenvalue weighted by Crippen LogP contribution is 2.27. The molecule has 16 heavy (non-hydrogen) atoms. The van der Waals surface area contributed by atoms with Crippen molar-refractivity contribution in [3.8, 4) is 0 Å². The molecule has 1 aromatic rings. The lowest BCUT2D eigenvalue weighted by Crippen LogP contribution is -2.43. The summed E-state index contributed by atoms with van der Waals surface area (Å²) in [7, 11) is 0. The quantitative estimate of drug-likeness (QED) is 0.871. The Hall–Kier alpha value is -0.730. The number of benzene rings is 1. The zero-order chi connectivity index (χ0) is 11.4. The third kappa shape index (κ3) is 2.69. The van der Waals surface area contributed by atoms with Crippen molar-refractivity contribution in [2.45, 2.75) is 19.8 Å². The van der Waals surface area contributed by atoms with Crippen LogP contribution in [0.3, 0.4) is 0 Å². The van der Waals surface area contributed by atoms with E-state index in [1.807, 2.05) is 0 Å². The summed E-state index contributed by atoms with van der Waals surface area (Å²) < 4.78 is 0. The Morgan fingerprint density at radius 1 is 1.31 bits per heavy atom. The summed E-state index contributed by atoms with van der Waals surface area (Å²) in [6.07, 6.45) is 2.28. The molecule has 1 saturated heterocycles. The molecule has 2 nitrogen and oxygen atoms in total. The smallest absolute Gasteiger partial charge is 0.0642 e. The van der Waals surface area contributed by atoms with Gasteiger partial charge in [-0.2, -0.15) is 0 Å². The Bertz CT molecular complexity index is 346. The van der Waals surface area contributed by atoms with Gasteiger partial charge in [0.15, 0.2) is 0 Å². The number of rotatable bonds is 3. The van der Waals surface area contributed by atoms with Crippen molar-refractivity contribution in [3.05, 3.63) is 28.8 Å². The van der Waals surface area contributed by atoms with Gasteiger partial charge >= 0.3 is 0 Å². The Labute approximate surface area is 103 Å². The van der Waals surface area contributed by atoms with Gasteiger partial charge in [-0.1, -0.05) is 31.0 Å². The Morgan fingerprint density at radius 3 is 2.69 bits per heavy atom. The summed E-state index contributed by atoms with van der Waals surface area (Å²) in [5, 5.41) is 4.25. The average molecular weight is 239 g/mol. The van der Waals surface area contributed by atoms with Gasteiger partial charge < -0.3 is 10.2 Å². The van der Waals surface area contributed by atoms with Gasteiger partial charge in [0.05, 0.1) is 10.7 Å². The second kappa shape index (κ2) is 5.55. The van der Waals surface area contributed by atoms with Crippen LogP contribution in [0.1, 0.15) is 18.9 Å². The molecule has 0 unspecified atom stereocenters. The highest BCUT2D eigenvalue weighted by atomic mass is 35.5. The molecule has 0 bridgehead atoms. The summed E-state index contributed by atoms with van der Waals surface area (Å²) >= 11 is 6.34. The minimum absolute atomic E-state index is 0.896. The molecular weight excluding hydrogens is 220 g/mol. The summed E-state index contributed by atoms with van der Waals surface area (Å²) in [6, 6.07) is 6.48. The fourth-order valence-corrected chi connectivity index (χ4v) is 2.48. The molecule has 0 aliphatic carbocycles. The van der Waals surface area contributed by atoms with Crippen LogP contribution in [0, 0.1) is 0 Å². The molecule has 0 spiro atoms. The van der Waals surface area contributed by atoms with Gasteiger partial charge in [0.2, 0.25) is 0 Å². The van der Waals surface area contributed by atoms with Crippen molar-refractivity contribution in [3.63, 3.8) is 0 Å². The number of hydrogen-bond donors (Lipinski definition) is 1. The first kappa shape index (κ1) is 11.7. The van der Waals surface area contributed by atoms with E-state index in [0.29, 0.717) is 0 Å². The SMILES string of the molecule is CCCc1ccc(N2CCNCC2)c(Cl)c1. The van der Waals surface area contributed by atoms with E-state index in [1.165, 1.54) is 17.7 Å². The predicted octanol–water partition coefficient (Wildman–Crippen LogP) is 2.70. The lowest BCUT2D eigenvalue weighted by atomic mass is 10.1. The lowest BCUT2D eigenvalue weighted by Gasteiger charge is -2.30. The number of piperazine rings is 1. The maximum absolute atomic E-state index is 6.34. The standard InChI is InChI=1S/C13H19ClN2/c1-2-3-11-4-5-13(12(14)10-11)16-8-6-15-7-9-16/h4-5,10,15H,2-3,6-9H2,1H3. The van der Waals surface area contributed by atoms with Gasteiger partial charge in [-0.15, -0.1) is 0 Å². The topological polar surface area (TPSA) is 15.3 Å². The van der Waals surface area contributed by atoms with E-state index in [1.54, 1.807) is 0 Å². The fraction of sp³-hybridized carbons (Fsp3) is 0.538. The monoisotopic (exact) mass is 238 g/mol. The van der Waals surface area contributed by atoms with Gasteiger partial charge in [-0.05, 0) is 24.1 Å². The first-order valence-electron chi connectivity index (χ1n) is 6.05. The number of nitrogens with zero attached hydrogens (tertiary/aromatic N) is 1. The summed E-state index contributed by atoms with van der Waals surface area (Å²) in [5.41, 5.74) is 2.52. The number of anilines is 1. The number of halogens is 1. The van der Waals surface area contributed by atoms with Crippen LogP contribution in [0.25, 0.3) is 0 Å². The van der Waals surface area contributed by atoms with E-state index < -0.39 is 0 Å². The van der Waals surface area contributed by atoms with E-state index in [0.717, 1.165) is 37.6 Å². The molecule has 88 valence electrons. The van der Waals surface area contributed by atoms with Gasteiger partial charge in [-0.25, -0.2) is 0 Å². The number of aryl methyl sites for hydroxylation is 1. The molecule has 0 amide bonds. The Morgan fingerprint density at radius 2 is 2.06 bits per heavy atom. The number of hydrogen-bond acceptors (Lipinski definition) is 2. The van der Waals surface area contributed by atoms with E-state index in [-0.39, 0.29) is 0 Å². The average Bonchev–Trinajstić information content (AvgIpc) is 2.31. The van der Waals surface area contributed by atoms with E-state index in [4.69, 9.17) is 11.6 Å². The van der Waals surface area contributed by atoms with Crippen molar-refractivity contribution in [1.82, 2.24) is 5.32 Å². The molecule has 0 saturated carbocycles. The van der Waals surface area contributed by atoms with Crippen molar-refractivity contribution in [2.75, 3.05) is 31.1 Å². The summed E-state index contributed by atoms with van der Waals surface area (Å²) in [4.78, 5) is 2.36. The van der Waals surface area contributed by atoms with Crippen molar-refractivity contribution in [2.24, 2.45) is 0 Å². The van der Waals surface area contributed by atoms with E-state index in [9.17, 15) is 0 Å². The first-order valence-corrected chi connectivity index (χ1v) is 6.43. The van der Waals surface area contributed by atoms with Crippen molar-refractivity contribution >= 4 is 17.3 Å². The van der Waals surface area contributed by atoms with Crippen LogP contribution in [-0.2, 0) is 6.42 Å². The van der Waals surface area contributed by atoms with Crippen molar-refractivity contribution < 1.29 is 0 Å². The molecule has 0 radical (unpaired) electrons. The maximum atomic E-state index is 6.34. The molecular formula is C13H19ClN2. The second-order valence-corrected chi connectivity index (χ2v) is 4.68. The predicted molar refractivity (Wildman–Crippen MR) is 70.5 cm³/mol. The minimum atomic E-state index is 0.896. The molecule has 1 fully saturated rings. The van der Waals surface area contributed by atoms with Crippen LogP contribution in [0.2, 0.25) is 5.02 Å². The second-order valence-electron chi connectivity index (χ2n) is 4.27. The zero-order valence-corrected chi connectivity index (χ0v) is 10.6. The van der Waals surface area contributed by atoms with Crippen LogP contribution >= 0.6 is 11.6 Å². The normalized spacial score (nSPS) is 16.5. The van der Waals surface area contributed by atoms with Crippen LogP contribution in [-0.4, -0.2) is 26.2 Å². The molecule has 1 N–H and O–H groups in total. The van der Waals surface area contributed by atoms with Gasteiger partial charge in [0.25, 0.3) is 0 Å². The zero-order valence-electron chi connectivity index (χ0n) is 9.80. The third-order valence-corrected chi connectivity index (χ3v) is 3.31. The van der Waals surface area contributed by atoms with Crippen LogP contribution in [0.5, 0.6) is 0 Å². The van der Waals surface area contributed by atoms with E-state index >= 15 is 0 Å². The molecule has 1 aliphatic rings. The van der Waals surface area contributed by atoms with Crippen molar-refractivity contribution in [1.29, 1.82) is 0 Å². The Kier molecular flexibility index (Phi) is 4.08. The molecule has 3 heteroatoms. The maximum Gasteiger partial charge on any atom is 0.0642 e. The number of nitrogens with one attached hydrogen (secondary N) is 1. The van der Waals surface area contributed by atoms with Crippen LogP contribution in [0.4, 0.5) is 5.69 Å². The molecule has 0 atom stereocenters. The van der Waals surface area contributed by atoms with Crippen LogP contribution in [0.15, 0.2) is 18.2 Å². The molecule has 0 aromatic heterocycles. The summed E-state index contributed by atoms with van der Waals surface area (Å²) in [5.74, 6) is 0. The summed E-state index contributed by atoms with van der Waals surface area (Å²) in [6.45, 7) is 6.39. The molecule has 1 aromatic carbocycles. The highest BCUT2D eigenvalue weighted by molar-refractivity contribution is 6.33. The van der Waals surface area contributed by atoms with Gasteiger partial charge in [0.1, 0.15) is 0 Å². The van der Waals surface area contributed by atoms with Gasteiger partial charge in [0, 0.05) is 26.2 Å². The van der Waals surface area contributed by atoms with Crippen LogP contribution < -0.4 is 10.2 Å². The fourth-order valence-electron chi connectivity index (χ4n) is 2.16. The molecule has 2 rings (SSSR count). The largest absolute Gasteiger partial charge is 0.368 e. The third-order valence-electron chi connectivity index (χ3n) is 3.01. The van der Waals surface area contributed by atoms with Gasteiger partial charge in [-0.3, -0.25) is 0 Å². The Balaban J connectivity index is 2.14. The van der Waals surface area contributed by atoms with E-state index in [2.05, 4.69) is 35.3 Å². The minimum Gasteiger partial charge on any atom is -0.368 e. The molecule has 1 heterocycles.